The maximum Gasteiger partial charge on any atom is 0.259 e. The van der Waals surface area contributed by atoms with Crippen molar-refractivity contribution in [2.24, 2.45) is 0 Å². The van der Waals surface area contributed by atoms with Gasteiger partial charge in [-0.05, 0) is 19.1 Å². The summed E-state index contributed by atoms with van der Waals surface area (Å²) in [5.74, 6) is 0.138. The van der Waals surface area contributed by atoms with Crippen LogP contribution in [-0.2, 0) is 0 Å². The number of anilines is 2. The number of carbonyl (C=O) groups excluding carboxylic acids is 1. The molecule has 0 unspecified atom stereocenters. The van der Waals surface area contributed by atoms with E-state index in [-0.39, 0.29) is 5.91 Å². The summed E-state index contributed by atoms with van der Waals surface area (Å²) in [5, 5.41) is 11.5. The van der Waals surface area contributed by atoms with E-state index in [1.165, 1.54) is 18.4 Å². The van der Waals surface area contributed by atoms with Crippen LogP contribution >= 0.6 is 11.3 Å². The van der Waals surface area contributed by atoms with Crippen LogP contribution in [0.25, 0.3) is 0 Å². The van der Waals surface area contributed by atoms with Gasteiger partial charge in [0.15, 0.2) is 0 Å². The van der Waals surface area contributed by atoms with Gasteiger partial charge in [0.05, 0.1) is 18.4 Å². The van der Waals surface area contributed by atoms with E-state index in [1.807, 2.05) is 6.92 Å². The highest BCUT2D eigenvalue weighted by atomic mass is 32.1. The monoisotopic (exact) mass is 264 g/mol. The third kappa shape index (κ3) is 2.40. The second kappa shape index (κ2) is 5.01. The minimum atomic E-state index is -0.331. The highest BCUT2D eigenvalue weighted by molar-refractivity contribution is 7.15. The van der Waals surface area contributed by atoms with Crippen LogP contribution in [0.3, 0.4) is 0 Å². The quantitative estimate of drug-likeness (QED) is 0.823. The number of benzene rings is 1. The number of aryl methyl sites for hydroxylation is 1. The fourth-order valence-corrected chi connectivity index (χ4v) is 2.02. The minimum Gasteiger partial charge on any atom is -0.495 e. The molecular formula is C11H12N4O2S. The fourth-order valence-electron chi connectivity index (χ4n) is 1.43. The third-order valence-electron chi connectivity index (χ3n) is 2.28. The van der Waals surface area contributed by atoms with Gasteiger partial charge >= 0.3 is 0 Å². The van der Waals surface area contributed by atoms with Crippen molar-refractivity contribution >= 4 is 28.1 Å². The molecule has 18 heavy (non-hydrogen) atoms. The number of carbonyl (C=O) groups is 1. The summed E-state index contributed by atoms with van der Waals surface area (Å²) in [6.07, 6.45) is 0. The lowest BCUT2D eigenvalue weighted by atomic mass is 10.1. The Morgan fingerprint density at radius 2 is 2.22 bits per heavy atom. The van der Waals surface area contributed by atoms with E-state index >= 15 is 0 Å². The molecule has 2 rings (SSSR count). The van der Waals surface area contributed by atoms with Crippen LogP contribution in [0, 0.1) is 6.92 Å². The number of nitrogens with one attached hydrogen (secondary N) is 1. The summed E-state index contributed by atoms with van der Waals surface area (Å²) < 4.78 is 5.06. The number of nitrogens with two attached hydrogens (primary N) is 1. The number of nitrogen functional groups attached to an aromatic ring is 1. The van der Waals surface area contributed by atoms with Crippen LogP contribution in [0.2, 0.25) is 0 Å². The second-order valence-corrected chi connectivity index (χ2v) is 4.68. The lowest BCUT2D eigenvalue weighted by molar-refractivity contribution is 0.102. The van der Waals surface area contributed by atoms with Gasteiger partial charge in [-0.3, -0.25) is 10.1 Å². The molecule has 0 saturated carbocycles. The Kier molecular flexibility index (Phi) is 3.42. The van der Waals surface area contributed by atoms with Crippen molar-refractivity contribution < 1.29 is 9.53 Å². The molecular weight excluding hydrogens is 252 g/mol. The summed E-state index contributed by atoms with van der Waals surface area (Å²) in [6, 6.07) is 5.03. The predicted octanol–water partition coefficient (Wildman–Crippen LogP) is 1.69. The topological polar surface area (TPSA) is 90.1 Å². The van der Waals surface area contributed by atoms with E-state index < -0.39 is 0 Å². The Bertz CT molecular complexity index is 582. The molecule has 94 valence electrons. The van der Waals surface area contributed by atoms with Crippen LogP contribution in [0.4, 0.5) is 10.8 Å². The highest BCUT2D eigenvalue weighted by Crippen LogP contribution is 2.25. The highest BCUT2D eigenvalue weighted by Gasteiger charge is 2.14. The molecule has 1 aromatic heterocycles. The lowest BCUT2D eigenvalue weighted by Gasteiger charge is -2.08. The van der Waals surface area contributed by atoms with Gasteiger partial charge in [-0.15, -0.1) is 10.2 Å². The molecule has 0 aliphatic rings. The average molecular weight is 264 g/mol. The molecule has 1 aromatic carbocycles. The van der Waals surface area contributed by atoms with E-state index in [9.17, 15) is 4.79 Å². The molecule has 1 heterocycles. The summed E-state index contributed by atoms with van der Waals surface area (Å²) in [6.45, 7) is 1.81. The Hall–Kier alpha value is -2.15. The number of nitrogens with zero attached hydrogens (tertiary/aromatic N) is 2. The molecule has 3 N–H and O–H groups in total. The van der Waals surface area contributed by atoms with Gasteiger partial charge in [-0.2, -0.15) is 0 Å². The van der Waals surface area contributed by atoms with Crippen LogP contribution in [0.5, 0.6) is 5.75 Å². The SMILES string of the molecule is COc1cccc(C(=O)Nc2nnc(C)s2)c1N. The molecule has 1 amide bonds. The number of ether oxygens (including phenoxy) is 1. The van der Waals surface area contributed by atoms with Crippen LogP contribution < -0.4 is 15.8 Å². The standard InChI is InChI=1S/C11H12N4O2S/c1-6-14-15-11(18-6)13-10(16)7-4-3-5-8(17-2)9(7)12/h3-5H,12H2,1-2H3,(H,13,15,16). The van der Waals surface area contributed by atoms with Crippen molar-refractivity contribution in [1.82, 2.24) is 10.2 Å². The maximum atomic E-state index is 12.0. The summed E-state index contributed by atoms with van der Waals surface area (Å²) in [4.78, 5) is 12.0. The molecule has 0 bridgehead atoms. The number of para-hydroxylation sites is 1. The second-order valence-electron chi connectivity index (χ2n) is 3.50. The third-order valence-corrected chi connectivity index (χ3v) is 3.03. The zero-order chi connectivity index (χ0) is 13.1. The van der Waals surface area contributed by atoms with E-state index in [0.29, 0.717) is 22.1 Å². The summed E-state index contributed by atoms with van der Waals surface area (Å²) in [7, 11) is 1.50. The number of methoxy groups -OCH3 is 1. The summed E-state index contributed by atoms with van der Waals surface area (Å²) in [5.41, 5.74) is 6.49. The number of hydrogen-bond acceptors (Lipinski definition) is 6. The molecule has 0 saturated heterocycles. The first-order valence-electron chi connectivity index (χ1n) is 5.15. The molecule has 0 spiro atoms. The van der Waals surface area contributed by atoms with E-state index in [1.54, 1.807) is 18.2 Å². The predicted molar refractivity (Wildman–Crippen MR) is 70.0 cm³/mol. The zero-order valence-electron chi connectivity index (χ0n) is 9.93. The molecule has 6 nitrogen and oxygen atoms in total. The van der Waals surface area contributed by atoms with Gasteiger partial charge in [0, 0.05) is 0 Å². The van der Waals surface area contributed by atoms with E-state index in [2.05, 4.69) is 15.5 Å². The zero-order valence-corrected chi connectivity index (χ0v) is 10.7. The van der Waals surface area contributed by atoms with Crippen molar-refractivity contribution in [2.45, 2.75) is 6.92 Å². The molecule has 0 radical (unpaired) electrons. The van der Waals surface area contributed by atoms with Crippen LogP contribution in [0.1, 0.15) is 15.4 Å². The summed E-state index contributed by atoms with van der Waals surface area (Å²) >= 11 is 1.30. The maximum absolute atomic E-state index is 12.0. The smallest absolute Gasteiger partial charge is 0.259 e. The fraction of sp³-hybridized carbons (Fsp3) is 0.182. The van der Waals surface area contributed by atoms with Gasteiger partial charge in [0.2, 0.25) is 5.13 Å². The van der Waals surface area contributed by atoms with Crippen molar-refractivity contribution in [3.8, 4) is 5.75 Å². The molecule has 2 aromatic rings. The molecule has 0 atom stereocenters. The van der Waals surface area contributed by atoms with Crippen LogP contribution in [0.15, 0.2) is 18.2 Å². The van der Waals surface area contributed by atoms with Gasteiger partial charge < -0.3 is 10.5 Å². The molecule has 0 aliphatic heterocycles. The van der Waals surface area contributed by atoms with Gasteiger partial charge in [0.1, 0.15) is 10.8 Å². The minimum absolute atomic E-state index is 0.304. The van der Waals surface area contributed by atoms with Gasteiger partial charge in [-0.25, -0.2) is 0 Å². The number of amides is 1. The van der Waals surface area contributed by atoms with Crippen molar-refractivity contribution in [3.63, 3.8) is 0 Å². The molecule has 0 fully saturated rings. The van der Waals surface area contributed by atoms with Crippen LogP contribution in [-0.4, -0.2) is 23.2 Å². The molecule has 0 aliphatic carbocycles. The largest absolute Gasteiger partial charge is 0.495 e. The lowest BCUT2D eigenvalue weighted by Crippen LogP contribution is -2.14. The Balaban J connectivity index is 2.24. The first-order valence-corrected chi connectivity index (χ1v) is 5.97. The number of rotatable bonds is 3. The number of aromatic nitrogens is 2. The van der Waals surface area contributed by atoms with E-state index in [4.69, 9.17) is 10.5 Å². The molecule has 7 heteroatoms. The first kappa shape index (κ1) is 12.3. The van der Waals surface area contributed by atoms with Gasteiger partial charge in [0.25, 0.3) is 5.91 Å². The Morgan fingerprint density at radius 1 is 1.44 bits per heavy atom. The Morgan fingerprint density at radius 3 is 2.83 bits per heavy atom. The van der Waals surface area contributed by atoms with Gasteiger partial charge in [-0.1, -0.05) is 17.4 Å². The van der Waals surface area contributed by atoms with Crippen molar-refractivity contribution in [1.29, 1.82) is 0 Å². The normalized spacial score (nSPS) is 10.1. The Labute approximate surface area is 108 Å². The first-order chi connectivity index (χ1) is 8.61. The van der Waals surface area contributed by atoms with E-state index in [0.717, 1.165) is 5.01 Å². The van der Waals surface area contributed by atoms with Crippen molar-refractivity contribution in [2.75, 3.05) is 18.2 Å². The average Bonchev–Trinajstić information content (AvgIpc) is 2.75. The van der Waals surface area contributed by atoms with Crippen molar-refractivity contribution in [3.05, 3.63) is 28.8 Å². The number of hydrogen-bond donors (Lipinski definition) is 2.